The molecule has 4 nitrogen and oxygen atoms in total. The molecule has 0 saturated carbocycles. The van der Waals surface area contributed by atoms with E-state index >= 15 is 0 Å². The predicted octanol–water partition coefficient (Wildman–Crippen LogP) is 5.49. The molecule has 0 heterocycles. The highest BCUT2D eigenvalue weighted by molar-refractivity contribution is 9.10. The Morgan fingerprint density at radius 2 is 1.73 bits per heavy atom. The molecule has 0 unspecified atom stereocenters. The summed E-state index contributed by atoms with van der Waals surface area (Å²) < 4.78 is 47.7. The van der Waals surface area contributed by atoms with Gasteiger partial charge in [0.15, 0.2) is 11.6 Å². The molecule has 3 aromatic rings. The molecule has 0 spiro atoms. The van der Waals surface area contributed by atoms with Crippen LogP contribution in [-0.2, 0) is 10.0 Å². The maximum Gasteiger partial charge on any atom is 0.261 e. The lowest BCUT2D eigenvalue weighted by molar-refractivity contribution is 0.442. The van der Waals surface area contributed by atoms with E-state index in [1.54, 1.807) is 30.3 Å². The van der Waals surface area contributed by atoms with Crippen molar-refractivity contribution in [1.82, 2.24) is 0 Å². The molecule has 0 radical (unpaired) electrons. The molecule has 134 valence electrons. The second-order valence-corrected chi connectivity index (χ2v) is 8.22. The first-order valence-electron chi connectivity index (χ1n) is 7.66. The zero-order chi connectivity index (χ0) is 18.7. The van der Waals surface area contributed by atoms with E-state index in [0.717, 1.165) is 16.1 Å². The van der Waals surface area contributed by atoms with Crippen molar-refractivity contribution < 1.29 is 17.5 Å². The normalized spacial score (nSPS) is 11.2. The summed E-state index contributed by atoms with van der Waals surface area (Å²) in [5.41, 5.74) is 1.06. The molecule has 0 aromatic heterocycles. The van der Waals surface area contributed by atoms with Gasteiger partial charge in [0.2, 0.25) is 0 Å². The van der Waals surface area contributed by atoms with Crippen LogP contribution in [-0.4, -0.2) is 8.42 Å². The molecule has 3 aromatic carbocycles. The molecule has 0 saturated heterocycles. The van der Waals surface area contributed by atoms with Crippen molar-refractivity contribution in [1.29, 1.82) is 0 Å². The second kappa shape index (κ2) is 7.47. The molecule has 0 aliphatic rings. The number of aryl methyl sites for hydroxylation is 1. The molecular weight excluding hydrogens is 421 g/mol. The van der Waals surface area contributed by atoms with Gasteiger partial charge >= 0.3 is 0 Å². The van der Waals surface area contributed by atoms with E-state index in [0.29, 0.717) is 5.75 Å². The van der Waals surface area contributed by atoms with Crippen molar-refractivity contribution in [2.45, 2.75) is 11.8 Å². The highest BCUT2D eigenvalue weighted by Crippen LogP contribution is 2.29. The van der Waals surface area contributed by atoms with Crippen molar-refractivity contribution in [2.75, 3.05) is 4.72 Å². The highest BCUT2D eigenvalue weighted by Gasteiger charge is 2.15. The molecule has 0 aliphatic carbocycles. The maximum absolute atomic E-state index is 14.3. The summed E-state index contributed by atoms with van der Waals surface area (Å²) in [4.78, 5) is 0.109. The third-order valence-electron chi connectivity index (χ3n) is 3.54. The summed E-state index contributed by atoms with van der Waals surface area (Å²) in [7, 11) is -3.79. The van der Waals surface area contributed by atoms with Crippen LogP contribution < -0.4 is 9.46 Å². The minimum atomic E-state index is -3.79. The lowest BCUT2D eigenvalue weighted by Gasteiger charge is -2.11. The van der Waals surface area contributed by atoms with Crippen molar-refractivity contribution in [2.24, 2.45) is 0 Å². The Hall–Kier alpha value is -2.38. The van der Waals surface area contributed by atoms with Gasteiger partial charge in [-0.3, -0.25) is 4.72 Å². The number of hydrogen-bond donors (Lipinski definition) is 1. The van der Waals surface area contributed by atoms with Crippen LogP contribution in [0.25, 0.3) is 0 Å². The second-order valence-electron chi connectivity index (χ2n) is 5.62. The van der Waals surface area contributed by atoms with Crippen LogP contribution in [0.4, 0.5) is 10.1 Å². The first kappa shape index (κ1) is 18.4. The average molecular weight is 436 g/mol. The van der Waals surface area contributed by atoms with Gasteiger partial charge in [0, 0.05) is 10.5 Å². The Labute approximate surface area is 159 Å². The minimum Gasteiger partial charge on any atom is -0.454 e. The summed E-state index contributed by atoms with van der Waals surface area (Å²) in [6, 6.07) is 17.3. The van der Waals surface area contributed by atoms with E-state index in [1.807, 2.05) is 13.0 Å². The minimum absolute atomic E-state index is 0.00128. The van der Waals surface area contributed by atoms with Gasteiger partial charge in [0.1, 0.15) is 5.75 Å². The smallest absolute Gasteiger partial charge is 0.261 e. The number of sulfonamides is 1. The van der Waals surface area contributed by atoms with Gasteiger partial charge in [-0.05, 0) is 49.4 Å². The number of anilines is 1. The molecule has 26 heavy (non-hydrogen) atoms. The van der Waals surface area contributed by atoms with Crippen molar-refractivity contribution >= 4 is 31.6 Å². The number of ether oxygens (including phenoxy) is 1. The lowest BCUT2D eigenvalue weighted by atomic mass is 10.2. The van der Waals surface area contributed by atoms with Gasteiger partial charge in [-0.2, -0.15) is 0 Å². The van der Waals surface area contributed by atoms with Crippen LogP contribution in [0.1, 0.15) is 5.56 Å². The molecule has 0 amide bonds. The quantitative estimate of drug-likeness (QED) is 0.576. The monoisotopic (exact) mass is 435 g/mol. The Morgan fingerprint density at radius 3 is 2.38 bits per heavy atom. The van der Waals surface area contributed by atoms with E-state index in [-0.39, 0.29) is 16.3 Å². The zero-order valence-corrected chi connectivity index (χ0v) is 16.1. The average Bonchev–Trinajstić information content (AvgIpc) is 2.57. The third kappa shape index (κ3) is 4.42. The van der Waals surface area contributed by atoms with Gasteiger partial charge in [0.05, 0.1) is 10.6 Å². The SMILES string of the molecule is Cc1ccc(S(=O)(=O)Nc2ccc(Oc3cccc(Br)c3)c(F)c2)cc1. The first-order valence-corrected chi connectivity index (χ1v) is 9.93. The Morgan fingerprint density at radius 1 is 1.00 bits per heavy atom. The van der Waals surface area contributed by atoms with E-state index in [4.69, 9.17) is 4.74 Å². The molecule has 1 N–H and O–H groups in total. The predicted molar refractivity (Wildman–Crippen MR) is 103 cm³/mol. The van der Waals surface area contributed by atoms with Gasteiger partial charge in [0.25, 0.3) is 10.0 Å². The summed E-state index contributed by atoms with van der Waals surface area (Å²) in [5.74, 6) is -0.207. The number of halogens is 2. The maximum atomic E-state index is 14.3. The van der Waals surface area contributed by atoms with E-state index in [1.165, 1.54) is 24.3 Å². The molecule has 0 fully saturated rings. The van der Waals surface area contributed by atoms with Crippen molar-refractivity contribution in [3.63, 3.8) is 0 Å². The van der Waals surface area contributed by atoms with Crippen LogP contribution in [0.5, 0.6) is 11.5 Å². The van der Waals surface area contributed by atoms with E-state index in [2.05, 4.69) is 20.7 Å². The van der Waals surface area contributed by atoms with Gasteiger partial charge in [-0.1, -0.05) is 39.7 Å². The number of benzene rings is 3. The first-order chi connectivity index (χ1) is 12.3. The summed E-state index contributed by atoms with van der Waals surface area (Å²) >= 11 is 3.31. The number of nitrogens with one attached hydrogen (secondary N) is 1. The number of rotatable bonds is 5. The van der Waals surface area contributed by atoms with Gasteiger partial charge < -0.3 is 4.74 Å². The Kier molecular flexibility index (Phi) is 5.29. The molecule has 0 atom stereocenters. The molecule has 7 heteroatoms. The topological polar surface area (TPSA) is 55.4 Å². The standard InChI is InChI=1S/C19H15BrFNO3S/c1-13-5-8-17(9-6-13)26(23,24)22-15-7-10-19(18(21)12-15)25-16-4-2-3-14(20)11-16/h2-12,22H,1H3. The van der Waals surface area contributed by atoms with E-state index < -0.39 is 15.8 Å². The fraction of sp³-hybridized carbons (Fsp3) is 0.0526. The van der Waals surface area contributed by atoms with Crippen LogP contribution >= 0.6 is 15.9 Å². The molecular formula is C19H15BrFNO3S. The van der Waals surface area contributed by atoms with E-state index in [9.17, 15) is 12.8 Å². The molecule has 3 rings (SSSR count). The largest absolute Gasteiger partial charge is 0.454 e. The summed E-state index contributed by atoms with van der Waals surface area (Å²) in [5, 5.41) is 0. The van der Waals surface area contributed by atoms with Crippen molar-refractivity contribution in [3.8, 4) is 11.5 Å². The third-order valence-corrected chi connectivity index (χ3v) is 5.43. The lowest BCUT2D eigenvalue weighted by Crippen LogP contribution is -2.13. The van der Waals surface area contributed by atoms with Gasteiger partial charge in [-0.25, -0.2) is 12.8 Å². The zero-order valence-electron chi connectivity index (χ0n) is 13.7. The highest BCUT2D eigenvalue weighted by atomic mass is 79.9. The van der Waals surface area contributed by atoms with Crippen molar-refractivity contribution in [3.05, 3.63) is 82.6 Å². The van der Waals surface area contributed by atoms with Crippen LogP contribution in [0.15, 0.2) is 76.1 Å². The van der Waals surface area contributed by atoms with Crippen LogP contribution in [0, 0.1) is 12.7 Å². The van der Waals surface area contributed by atoms with Gasteiger partial charge in [-0.15, -0.1) is 0 Å². The fourth-order valence-corrected chi connectivity index (χ4v) is 3.66. The van der Waals surface area contributed by atoms with Crippen LogP contribution in [0.2, 0.25) is 0 Å². The van der Waals surface area contributed by atoms with Crippen LogP contribution in [0.3, 0.4) is 0 Å². The number of hydrogen-bond acceptors (Lipinski definition) is 3. The Balaban J connectivity index is 1.80. The summed E-state index contributed by atoms with van der Waals surface area (Å²) in [6.45, 7) is 1.86. The molecule has 0 aliphatic heterocycles. The molecule has 0 bridgehead atoms. The Bertz CT molecular complexity index is 1040. The fourth-order valence-electron chi connectivity index (χ4n) is 2.24. The summed E-state index contributed by atoms with van der Waals surface area (Å²) in [6.07, 6.45) is 0.